The summed E-state index contributed by atoms with van der Waals surface area (Å²) in [6, 6.07) is -0.492. The van der Waals surface area contributed by atoms with Crippen molar-refractivity contribution in [2.24, 2.45) is 5.92 Å². The topological polar surface area (TPSA) is 61.4 Å². The van der Waals surface area contributed by atoms with Gasteiger partial charge in [-0.1, -0.05) is 12.2 Å². The van der Waals surface area contributed by atoms with E-state index >= 15 is 0 Å². The van der Waals surface area contributed by atoms with Crippen molar-refractivity contribution >= 4 is 18.9 Å². The van der Waals surface area contributed by atoms with Gasteiger partial charge in [0.05, 0.1) is 0 Å². The number of halogens is 3. The molecule has 1 saturated carbocycles. The van der Waals surface area contributed by atoms with Crippen LogP contribution in [0.15, 0.2) is 0 Å². The molecule has 2 N–H and O–H groups in total. The minimum Gasteiger partial charge on any atom is -0.449 e. The number of amides is 3. The molecule has 1 aliphatic carbocycles. The summed E-state index contributed by atoms with van der Waals surface area (Å²) in [6.45, 7) is -4.47. The molecule has 1 heterocycles. The zero-order valence-electron chi connectivity index (χ0n) is 12.1. The molecule has 1 atom stereocenters. The summed E-state index contributed by atoms with van der Waals surface area (Å²) < 4.78 is 37.6. The predicted molar refractivity (Wildman–Crippen MR) is 68.2 cm³/mol. The van der Waals surface area contributed by atoms with E-state index in [0.29, 0.717) is 6.54 Å². The van der Waals surface area contributed by atoms with Gasteiger partial charge in [-0.15, -0.1) is 0 Å². The first-order valence-electron chi connectivity index (χ1n) is 6.88. The molecule has 3 amide bonds. The zero-order valence-corrected chi connectivity index (χ0v) is 15.2. The first kappa shape index (κ1) is 19.3. The molecule has 0 aromatic rings. The Balaban J connectivity index is 0.00000220. The number of likely N-dealkylation sites (tertiary alicyclic amines) is 1. The quantitative estimate of drug-likeness (QED) is 0.459. The Bertz CT molecular complexity index is 393. The van der Waals surface area contributed by atoms with E-state index in [4.69, 9.17) is 0 Å². The van der Waals surface area contributed by atoms with Crippen molar-refractivity contribution in [3.8, 4) is 0 Å². The van der Waals surface area contributed by atoms with Gasteiger partial charge in [-0.3, -0.25) is 4.79 Å². The predicted octanol–water partition coefficient (Wildman–Crippen LogP) is -1.85. The van der Waals surface area contributed by atoms with E-state index < -0.39 is 18.8 Å². The maximum atomic E-state index is 12.5. The summed E-state index contributed by atoms with van der Waals surface area (Å²) in [5.74, 6) is -1.27. The largest absolute Gasteiger partial charge is 1.00 e. The molecule has 2 rings (SSSR count). The Morgan fingerprint density at radius 2 is 1.71 bits per heavy atom. The number of hydrogen-bond donors (Lipinski definition) is 2. The Morgan fingerprint density at radius 1 is 1.10 bits per heavy atom. The summed E-state index contributed by atoms with van der Waals surface area (Å²) in [6.07, 6.45) is 1.80. The zero-order chi connectivity index (χ0) is 14.8. The SMILES string of the molecule is O=C(NCCNC(=O)N1CCC([B-](F)(F)F)C1)C1CC1.[K+]. The number of carbonyl (C=O) groups is 2. The minimum atomic E-state index is -4.88. The molecular weight excluding hydrogens is 313 g/mol. The molecule has 114 valence electrons. The van der Waals surface area contributed by atoms with Gasteiger partial charge in [0, 0.05) is 32.1 Å². The molecular formula is C11H18BF3KN3O2. The summed E-state index contributed by atoms with van der Waals surface area (Å²) in [4.78, 5) is 24.1. The van der Waals surface area contributed by atoms with E-state index in [1.807, 2.05) is 0 Å². The van der Waals surface area contributed by atoms with Gasteiger partial charge in [-0.2, -0.15) is 0 Å². The van der Waals surface area contributed by atoms with E-state index in [2.05, 4.69) is 10.6 Å². The fourth-order valence-corrected chi connectivity index (χ4v) is 2.24. The second-order valence-corrected chi connectivity index (χ2v) is 5.42. The van der Waals surface area contributed by atoms with Crippen LogP contribution in [0.3, 0.4) is 0 Å². The molecule has 2 fully saturated rings. The third-order valence-corrected chi connectivity index (χ3v) is 3.70. The molecule has 0 bridgehead atoms. The Hall–Kier alpha value is 0.231. The van der Waals surface area contributed by atoms with Crippen LogP contribution >= 0.6 is 0 Å². The van der Waals surface area contributed by atoms with Crippen molar-refractivity contribution in [3.05, 3.63) is 0 Å². The monoisotopic (exact) mass is 331 g/mol. The maximum Gasteiger partial charge on any atom is 1.00 e. The average Bonchev–Trinajstić information content (AvgIpc) is 3.09. The van der Waals surface area contributed by atoms with Crippen molar-refractivity contribution in [1.82, 2.24) is 15.5 Å². The van der Waals surface area contributed by atoms with Gasteiger partial charge < -0.3 is 28.5 Å². The van der Waals surface area contributed by atoms with Crippen LogP contribution in [0.2, 0.25) is 5.82 Å². The van der Waals surface area contributed by atoms with Crippen molar-refractivity contribution in [2.45, 2.75) is 25.1 Å². The Labute approximate surface area is 164 Å². The van der Waals surface area contributed by atoms with E-state index in [-0.39, 0.29) is 89.3 Å². The molecule has 21 heavy (non-hydrogen) atoms. The average molecular weight is 331 g/mol. The van der Waals surface area contributed by atoms with Gasteiger partial charge in [0.15, 0.2) is 0 Å². The number of urea groups is 1. The summed E-state index contributed by atoms with van der Waals surface area (Å²) in [5.41, 5.74) is 0. The number of hydrogen-bond acceptors (Lipinski definition) is 2. The van der Waals surface area contributed by atoms with Crippen LogP contribution in [0.25, 0.3) is 0 Å². The molecule has 1 unspecified atom stereocenters. The molecule has 0 aromatic carbocycles. The molecule has 0 radical (unpaired) electrons. The number of carbonyl (C=O) groups excluding carboxylic acids is 2. The fraction of sp³-hybridized carbons (Fsp3) is 0.818. The van der Waals surface area contributed by atoms with Gasteiger partial charge in [-0.25, -0.2) is 4.79 Å². The number of nitrogens with one attached hydrogen (secondary N) is 2. The van der Waals surface area contributed by atoms with Gasteiger partial charge in [-0.05, 0) is 12.8 Å². The van der Waals surface area contributed by atoms with Crippen molar-refractivity contribution in [3.63, 3.8) is 0 Å². The van der Waals surface area contributed by atoms with Crippen molar-refractivity contribution in [1.29, 1.82) is 0 Å². The Morgan fingerprint density at radius 3 is 2.24 bits per heavy atom. The Kier molecular flexibility index (Phi) is 7.52. The minimum absolute atomic E-state index is 0. The molecule has 1 aliphatic heterocycles. The van der Waals surface area contributed by atoms with E-state index in [0.717, 1.165) is 12.8 Å². The van der Waals surface area contributed by atoms with Gasteiger partial charge >= 0.3 is 64.4 Å². The summed E-state index contributed by atoms with van der Waals surface area (Å²) in [7, 11) is 0. The smallest absolute Gasteiger partial charge is 0.449 e. The normalized spacial score (nSPS) is 21.7. The molecule has 0 aromatic heterocycles. The molecule has 0 spiro atoms. The standard InChI is InChI=1S/C11H18BF3N3O2.K/c13-12(14,15)9-3-6-18(7-9)11(20)17-5-4-16-10(19)8-1-2-8;/h8-9H,1-7H2,(H,16,19)(H,17,20);/q-1;+1. The van der Waals surface area contributed by atoms with Crippen LogP contribution in [0.1, 0.15) is 19.3 Å². The molecule has 2 aliphatic rings. The second kappa shape index (κ2) is 8.19. The van der Waals surface area contributed by atoms with Crippen molar-refractivity contribution < 1.29 is 73.9 Å². The first-order chi connectivity index (χ1) is 9.38. The van der Waals surface area contributed by atoms with E-state index in [1.54, 1.807) is 0 Å². The third-order valence-electron chi connectivity index (χ3n) is 3.70. The number of rotatable bonds is 5. The van der Waals surface area contributed by atoms with Crippen molar-refractivity contribution in [2.75, 3.05) is 26.2 Å². The first-order valence-corrected chi connectivity index (χ1v) is 6.88. The second-order valence-electron chi connectivity index (χ2n) is 5.42. The maximum absolute atomic E-state index is 12.5. The van der Waals surface area contributed by atoms with Crippen LogP contribution in [-0.4, -0.2) is 50.0 Å². The third kappa shape index (κ3) is 6.09. The van der Waals surface area contributed by atoms with E-state index in [1.165, 1.54) is 4.90 Å². The van der Waals surface area contributed by atoms with E-state index in [9.17, 15) is 22.5 Å². The van der Waals surface area contributed by atoms with Crippen LogP contribution in [0, 0.1) is 5.92 Å². The van der Waals surface area contributed by atoms with Crippen LogP contribution < -0.4 is 62.0 Å². The van der Waals surface area contributed by atoms with Crippen LogP contribution in [0.4, 0.5) is 17.7 Å². The van der Waals surface area contributed by atoms with Gasteiger partial charge in [0.1, 0.15) is 0 Å². The van der Waals surface area contributed by atoms with Crippen LogP contribution in [-0.2, 0) is 4.79 Å². The summed E-state index contributed by atoms with van der Waals surface area (Å²) >= 11 is 0. The molecule has 5 nitrogen and oxygen atoms in total. The van der Waals surface area contributed by atoms with Gasteiger partial charge in [0.25, 0.3) is 0 Å². The van der Waals surface area contributed by atoms with Crippen LogP contribution in [0.5, 0.6) is 0 Å². The summed E-state index contributed by atoms with van der Waals surface area (Å²) in [5, 5.41) is 5.20. The number of nitrogens with zero attached hydrogens (tertiary/aromatic N) is 1. The van der Waals surface area contributed by atoms with Gasteiger partial charge in [0.2, 0.25) is 5.91 Å². The molecule has 10 heteroatoms. The fourth-order valence-electron chi connectivity index (χ4n) is 2.24. The molecule has 1 saturated heterocycles.